The standard InChI is InChI=1S/C21H41NO4/c1-4-7-9-11-12-13-14-16-18-26-20(23)19(17-15-10-8-5-2)22-21(24)25-6-3/h19H,4-18H2,1-3H3,(H,22,24). The third kappa shape index (κ3) is 15.0. The lowest BCUT2D eigenvalue weighted by molar-refractivity contribution is -0.146. The molecule has 0 radical (unpaired) electrons. The number of carbonyl (C=O) groups is 2. The number of ether oxygens (including phenoxy) is 2. The molecule has 1 atom stereocenters. The van der Waals surface area contributed by atoms with E-state index in [4.69, 9.17) is 9.47 Å². The summed E-state index contributed by atoms with van der Waals surface area (Å²) in [5.41, 5.74) is 0. The second kappa shape index (κ2) is 18.5. The number of alkyl carbamates (subject to hydrolysis) is 1. The predicted molar refractivity (Wildman–Crippen MR) is 106 cm³/mol. The number of unbranched alkanes of at least 4 members (excludes halogenated alkanes) is 10. The first-order valence-electron chi connectivity index (χ1n) is 10.8. The van der Waals surface area contributed by atoms with Gasteiger partial charge in [0, 0.05) is 0 Å². The Hall–Kier alpha value is -1.26. The Morgan fingerprint density at radius 3 is 1.85 bits per heavy atom. The van der Waals surface area contributed by atoms with Gasteiger partial charge >= 0.3 is 12.1 Å². The van der Waals surface area contributed by atoms with Gasteiger partial charge < -0.3 is 14.8 Å². The number of carbonyl (C=O) groups excluding carboxylic acids is 2. The molecule has 0 aromatic rings. The molecule has 0 saturated carbocycles. The zero-order chi connectivity index (χ0) is 19.5. The van der Waals surface area contributed by atoms with Crippen molar-refractivity contribution in [2.24, 2.45) is 0 Å². The van der Waals surface area contributed by atoms with E-state index in [1.54, 1.807) is 6.92 Å². The molecule has 154 valence electrons. The van der Waals surface area contributed by atoms with E-state index in [-0.39, 0.29) is 5.97 Å². The lowest BCUT2D eigenvalue weighted by Crippen LogP contribution is -2.42. The van der Waals surface area contributed by atoms with Crippen molar-refractivity contribution in [3.63, 3.8) is 0 Å². The first-order chi connectivity index (χ1) is 12.7. The molecule has 0 aliphatic carbocycles. The van der Waals surface area contributed by atoms with E-state index >= 15 is 0 Å². The summed E-state index contributed by atoms with van der Waals surface area (Å²) in [5, 5.41) is 2.64. The number of hydrogen-bond donors (Lipinski definition) is 1. The van der Waals surface area contributed by atoms with Gasteiger partial charge in [-0.2, -0.15) is 0 Å². The third-order valence-corrected chi connectivity index (χ3v) is 4.44. The summed E-state index contributed by atoms with van der Waals surface area (Å²) in [6.45, 7) is 6.84. The van der Waals surface area contributed by atoms with Gasteiger partial charge in [0.1, 0.15) is 6.04 Å². The summed E-state index contributed by atoms with van der Waals surface area (Å²) < 4.78 is 10.3. The minimum absolute atomic E-state index is 0.293. The monoisotopic (exact) mass is 371 g/mol. The zero-order valence-electron chi connectivity index (χ0n) is 17.3. The Bertz CT molecular complexity index is 347. The van der Waals surface area contributed by atoms with Gasteiger partial charge in [0.15, 0.2) is 0 Å². The molecule has 0 heterocycles. The topological polar surface area (TPSA) is 64.6 Å². The van der Waals surface area contributed by atoms with Crippen molar-refractivity contribution in [2.75, 3.05) is 13.2 Å². The molecule has 0 spiro atoms. The van der Waals surface area contributed by atoms with Gasteiger partial charge in [0.05, 0.1) is 13.2 Å². The van der Waals surface area contributed by atoms with Gasteiger partial charge in [0.25, 0.3) is 0 Å². The highest BCUT2D eigenvalue weighted by Gasteiger charge is 2.22. The van der Waals surface area contributed by atoms with Crippen molar-refractivity contribution in [1.82, 2.24) is 5.32 Å². The van der Waals surface area contributed by atoms with E-state index in [9.17, 15) is 9.59 Å². The number of hydrogen-bond acceptors (Lipinski definition) is 4. The van der Waals surface area contributed by atoms with E-state index < -0.39 is 12.1 Å². The largest absolute Gasteiger partial charge is 0.464 e. The molecule has 0 aromatic heterocycles. The number of nitrogens with one attached hydrogen (secondary N) is 1. The predicted octanol–water partition coefficient (Wildman–Crippen LogP) is 5.76. The van der Waals surface area contributed by atoms with Gasteiger partial charge in [-0.15, -0.1) is 0 Å². The van der Waals surface area contributed by atoms with Crippen LogP contribution >= 0.6 is 0 Å². The van der Waals surface area contributed by atoms with E-state index in [0.29, 0.717) is 19.6 Å². The van der Waals surface area contributed by atoms with E-state index in [2.05, 4.69) is 19.2 Å². The zero-order valence-corrected chi connectivity index (χ0v) is 17.3. The van der Waals surface area contributed by atoms with Crippen LogP contribution in [-0.4, -0.2) is 31.3 Å². The average molecular weight is 372 g/mol. The maximum atomic E-state index is 12.3. The summed E-state index contributed by atoms with van der Waals surface area (Å²) in [6.07, 6.45) is 14.0. The molecule has 0 aliphatic rings. The summed E-state index contributed by atoms with van der Waals surface area (Å²) in [4.78, 5) is 23.9. The first kappa shape index (κ1) is 24.7. The van der Waals surface area contributed by atoms with Crippen LogP contribution in [0.2, 0.25) is 0 Å². The molecule has 0 aliphatic heterocycles. The van der Waals surface area contributed by atoms with Crippen molar-refractivity contribution in [1.29, 1.82) is 0 Å². The van der Waals surface area contributed by atoms with Crippen LogP contribution in [0.25, 0.3) is 0 Å². The van der Waals surface area contributed by atoms with Crippen LogP contribution in [0.4, 0.5) is 4.79 Å². The number of esters is 1. The second-order valence-corrected chi connectivity index (χ2v) is 6.91. The van der Waals surface area contributed by atoms with Crippen LogP contribution in [0.15, 0.2) is 0 Å². The van der Waals surface area contributed by atoms with Gasteiger partial charge in [-0.05, 0) is 19.8 Å². The van der Waals surface area contributed by atoms with Gasteiger partial charge in [-0.1, -0.05) is 84.5 Å². The van der Waals surface area contributed by atoms with Crippen LogP contribution in [-0.2, 0) is 14.3 Å². The average Bonchev–Trinajstić information content (AvgIpc) is 2.63. The Morgan fingerprint density at radius 1 is 0.731 bits per heavy atom. The highest BCUT2D eigenvalue weighted by atomic mass is 16.6. The van der Waals surface area contributed by atoms with Crippen molar-refractivity contribution in [3.05, 3.63) is 0 Å². The molecule has 5 heteroatoms. The Morgan fingerprint density at radius 2 is 1.27 bits per heavy atom. The fourth-order valence-corrected chi connectivity index (χ4v) is 2.85. The summed E-state index contributed by atoms with van der Waals surface area (Å²) >= 11 is 0. The van der Waals surface area contributed by atoms with E-state index in [0.717, 1.165) is 38.5 Å². The SMILES string of the molecule is CCCCCCCCCCOC(=O)C(CCCCCC)NC(=O)OCC. The lowest BCUT2D eigenvalue weighted by Gasteiger charge is -2.17. The molecular formula is C21H41NO4. The van der Waals surface area contributed by atoms with E-state index in [1.807, 2.05) is 0 Å². The Labute approximate surface area is 160 Å². The van der Waals surface area contributed by atoms with Crippen LogP contribution in [0, 0.1) is 0 Å². The van der Waals surface area contributed by atoms with E-state index in [1.165, 1.54) is 38.5 Å². The van der Waals surface area contributed by atoms with Crippen LogP contribution in [0.5, 0.6) is 0 Å². The van der Waals surface area contributed by atoms with Crippen molar-refractivity contribution >= 4 is 12.1 Å². The fourth-order valence-electron chi connectivity index (χ4n) is 2.85. The second-order valence-electron chi connectivity index (χ2n) is 6.91. The number of rotatable bonds is 17. The lowest BCUT2D eigenvalue weighted by atomic mass is 10.1. The Balaban J connectivity index is 3.98. The molecule has 0 saturated heterocycles. The molecule has 1 N–H and O–H groups in total. The normalized spacial score (nSPS) is 11.8. The summed E-state index contributed by atoms with van der Waals surface area (Å²) in [5.74, 6) is -0.336. The van der Waals surface area contributed by atoms with Crippen molar-refractivity contribution in [2.45, 2.75) is 110 Å². The maximum absolute atomic E-state index is 12.3. The van der Waals surface area contributed by atoms with Gasteiger partial charge in [-0.3, -0.25) is 0 Å². The maximum Gasteiger partial charge on any atom is 0.407 e. The van der Waals surface area contributed by atoms with Crippen molar-refractivity contribution < 1.29 is 19.1 Å². The molecular weight excluding hydrogens is 330 g/mol. The minimum atomic E-state index is -0.597. The van der Waals surface area contributed by atoms with Crippen LogP contribution in [0.1, 0.15) is 104 Å². The molecule has 0 bridgehead atoms. The fraction of sp³-hybridized carbons (Fsp3) is 0.905. The smallest absolute Gasteiger partial charge is 0.407 e. The molecule has 26 heavy (non-hydrogen) atoms. The van der Waals surface area contributed by atoms with Crippen molar-refractivity contribution in [3.8, 4) is 0 Å². The number of amides is 1. The molecule has 1 unspecified atom stereocenters. The minimum Gasteiger partial charge on any atom is -0.464 e. The summed E-state index contributed by atoms with van der Waals surface area (Å²) in [6, 6.07) is -0.597. The quantitative estimate of drug-likeness (QED) is 0.261. The first-order valence-corrected chi connectivity index (χ1v) is 10.8. The summed E-state index contributed by atoms with van der Waals surface area (Å²) in [7, 11) is 0. The van der Waals surface area contributed by atoms with Crippen LogP contribution in [0.3, 0.4) is 0 Å². The Kier molecular flexibility index (Phi) is 17.6. The van der Waals surface area contributed by atoms with Crippen LogP contribution < -0.4 is 5.32 Å². The highest BCUT2D eigenvalue weighted by Crippen LogP contribution is 2.10. The molecule has 5 nitrogen and oxygen atoms in total. The highest BCUT2D eigenvalue weighted by molar-refractivity contribution is 5.81. The molecule has 0 aromatic carbocycles. The molecule has 0 fully saturated rings. The van der Waals surface area contributed by atoms with Gasteiger partial charge in [0.2, 0.25) is 0 Å². The molecule has 1 amide bonds. The molecule has 0 rings (SSSR count). The van der Waals surface area contributed by atoms with Gasteiger partial charge in [-0.25, -0.2) is 9.59 Å². The third-order valence-electron chi connectivity index (χ3n) is 4.44.